The van der Waals surface area contributed by atoms with E-state index in [0.29, 0.717) is 5.82 Å². The molecule has 11 heavy (non-hydrogen) atoms. The zero-order chi connectivity index (χ0) is 8.85. The van der Waals surface area contributed by atoms with Crippen LogP contribution >= 0.6 is 15.9 Å². The van der Waals surface area contributed by atoms with Crippen LogP contribution in [0.2, 0.25) is 0 Å². The molecule has 0 radical (unpaired) electrons. The monoisotopic (exact) mass is 216 g/mol. The van der Waals surface area contributed by atoms with Gasteiger partial charge in [-0.2, -0.15) is 0 Å². The van der Waals surface area contributed by atoms with Gasteiger partial charge >= 0.3 is 0 Å². The Morgan fingerprint density at radius 2 is 2.00 bits per heavy atom. The fourth-order valence-corrected chi connectivity index (χ4v) is 1.01. The van der Waals surface area contributed by atoms with Crippen LogP contribution in [0, 0.1) is 6.92 Å². The smallest absolute Gasteiger partial charge is 0.137 e. The number of rotatable bonds is 0. The molecular weight excluding hydrogens is 204 g/mol. The highest BCUT2D eigenvalue weighted by Gasteiger charge is 1.93. The summed E-state index contributed by atoms with van der Waals surface area (Å²) in [4.78, 5) is 3.91. The van der Waals surface area contributed by atoms with E-state index in [1.165, 1.54) is 0 Å². The fraction of sp³-hybridized carbons (Fsp3) is 0.375. The van der Waals surface area contributed by atoms with Gasteiger partial charge in [0, 0.05) is 6.20 Å². The van der Waals surface area contributed by atoms with Gasteiger partial charge in [-0.15, -0.1) is 0 Å². The van der Waals surface area contributed by atoms with Gasteiger partial charge in [0.1, 0.15) is 5.82 Å². The molecule has 0 aliphatic rings. The summed E-state index contributed by atoms with van der Waals surface area (Å²) in [6.45, 7) is 5.97. The zero-order valence-corrected chi connectivity index (χ0v) is 8.64. The molecule has 0 unspecified atom stereocenters. The number of hydrogen-bond donors (Lipinski definition) is 1. The quantitative estimate of drug-likeness (QED) is 0.725. The Balaban J connectivity index is 0.000000461. The second kappa shape index (κ2) is 5.13. The summed E-state index contributed by atoms with van der Waals surface area (Å²) in [6, 6.07) is 1.93. The lowest BCUT2D eigenvalue weighted by Crippen LogP contribution is -1.90. The van der Waals surface area contributed by atoms with E-state index in [4.69, 9.17) is 5.73 Å². The SMILES string of the molecule is CC.Cc1cnc(N)c(Br)c1. The maximum atomic E-state index is 5.43. The zero-order valence-electron chi connectivity index (χ0n) is 7.06. The van der Waals surface area contributed by atoms with Gasteiger partial charge in [-0.3, -0.25) is 0 Å². The van der Waals surface area contributed by atoms with Crippen LogP contribution in [0.3, 0.4) is 0 Å². The third kappa shape index (κ3) is 3.37. The van der Waals surface area contributed by atoms with Gasteiger partial charge in [-0.25, -0.2) is 4.98 Å². The molecule has 0 spiro atoms. The summed E-state index contributed by atoms with van der Waals surface area (Å²) in [5, 5.41) is 0. The number of nitrogen functional groups attached to an aromatic ring is 1. The van der Waals surface area contributed by atoms with Crippen molar-refractivity contribution in [3.8, 4) is 0 Å². The number of anilines is 1. The molecule has 62 valence electrons. The molecule has 0 amide bonds. The molecule has 0 atom stereocenters. The molecular formula is C8H13BrN2. The third-order valence-electron chi connectivity index (χ3n) is 1.01. The molecule has 0 fully saturated rings. The first-order chi connectivity index (χ1) is 5.20. The molecule has 1 heterocycles. The Morgan fingerprint density at radius 3 is 2.36 bits per heavy atom. The molecule has 2 N–H and O–H groups in total. The Kier molecular flexibility index (Phi) is 4.86. The van der Waals surface area contributed by atoms with Crippen molar-refractivity contribution in [3.63, 3.8) is 0 Å². The van der Waals surface area contributed by atoms with Crippen molar-refractivity contribution in [3.05, 3.63) is 22.3 Å². The van der Waals surface area contributed by atoms with Crippen molar-refractivity contribution in [1.82, 2.24) is 4.98 Å². The summed E-state index contributed by atoms with van der Waals surface area (Å²) in [6.07, 6.45) is 1.74. The lowest BCUT2D eigenvalue weighted by molar-refractivity contribution is 1.26. The van der Waals surface area contributed by atoms with E-state index in [9.17, 15) is 0 Å². The Bertz CT molecular complexity index is 223. The highest BCUT2D eigenvalue weighted by molar-refractivity contribution is 9.10. The minimum Gasteiger partial charge on any atom is -0.383 e. The molecule has 1 rings (SSSR count). The van der Waals surface area contributed by atoms with Crippen LogP contribution in [-0.2, 0) is 0 Å². The predicted octanol–water partition coefficient (Wildman–Crippen LogP) is 2.76. The molecule has 0 saturated heterocycles. The van der Waals surface area contributed by atoms with E-state index >= 15 is 0 Å². The molecule has 0 aliphatic heterocycles. The highest BCUT2D eigenvalue weighted by atomic mass is 79.9. The summed E-state index contributed by atoms with van der Waals surface area (Å²) < 4.78 is 0.863. The third-order valence-corrected chi connectivity index (χ3v) is 1.64. The summed E-state index contributed by atoms with van der Waals surface area (Å²) in [7, 11) is 0. The lowest BCUT2D eigenvalue weighted by atomic mass is 10.3. The minimum absolute atomic E-state index is 0.542. The van der Waals surface area contributed by atoms with Crippen LogP contribution in [-0.4, -0.2) is 4.98 Å². The first-order valence-electron chi connectivity index (χ1n) is 3.58. The van der Waals surface area contributed by atoms with Crippen molar-refractivity contribution >= 4 is 21.7 Å². The van der Waals surface area contributed by atoms with Crippen LogP contribution in [0.4, 0.5) is 5.82 Å². The van der Waals surface area contributed by atoms with E-state index < -0.39 is 0 Å². The van der Waals surface area contributed by atoms with E-state index in [0.717, 1.165) is 10.0 Å². The van der Waals surface area contributed by atoms with Gasteiger partial charge in [-0.1, -0.05) is 13.8 Å². The summed E-state index contributed by atoms with van der Waals surface area (Å²) >= 11 is 3.26. The maximum absolute atomic E-state index is 5.43. The number of aromatic nitrogens is 1. The van der Waals surface area contributed by atoms with Crippen molar-refractivity contribution < 1.29 is 0 Å². The van der Waals surface area contributed by atoms with E-state index in [2.05, 4.69) is 20.9 Å². The lowest BCUT2D eigenvalue weighted by Gasteiger charge is -1.95. The largest absolute Gasteiger partial charge is 0.383 e. The van der Waals surface area contributed by atoms with Gasteiger partial charge in [0.05, 0.1) is 4.47 Å². The number of hydrogen-bond acceptors (Lipinski definition) is 2. The Morgan fingerprint density at radius 1 is 1.45 bits per heavy atom. The number of nitrogens with zero attached hydrogens (tertiary/aromatic N) is 1. The second-order valence-corrected chi connectivity index (χ2v) is 2.73. The van der Waals surface area contributed by atoms with Gasteiger partial charge < -0.3 is 5.73 Å². The molecule has 3 heteroatoms. The average molecular weight is 217 g/mol. The summed E-state index contributed by atoms with van der Waals surface area (Å²) in [5.41, 5.74) is 6.54. The van der Waals surface area contributed by atoms with Crippen LogP contribution in [0.25, 0.3) is 0 Å². The van der Waals surface area contributed by atoms with Crippen LogP contribution < -0.4 is 5.73 Å². The van der Waals surface area contributed by atoms with Crippen LogP contribution in [0.1, 0.15) is 19.4 Å². The number of pyridine rings is 1. The molecule has 0 saturated carbocycles. The average Bonchev–Trinajstić information content (AvgIpc) is 2.02. The van der Waals surface area contributed by atoms with Gasteiger partial charge in [0.15, 0.2) is 0 Å². The molecule has 0 bridgehead atoms. The molecule has 2 nitrogen and oxygen atoms in total. The van der Waals surface area contributed by atoms with E-state index in [1.54, 1.807) is 6.20 Å². The van der Waals surface area contributed by atoms with Crippen molar-refractivity contribution in [2.45, 2.75) is 20.8 Å². The number of aryl methyl sites for hydroxylation is 1. The number of halogens is 1. The standard InChI is InChI=1S/C6H7BrN2.C2H6/c1-4-2-5(7)6(8)9-3-4;1-2/h2-3H,1H3,(H2,8,9);1-2H3. The van der Waals surface area contributed by atoms with Crippen molar-refractivity contribution in [2.24, 2.45) is 0 Å². The molecule has 0 aliphatic carbocycles. The second-order valence-electron chi connectivity index (χ2n) is 1.88. The van der Waals surface area contributed by atoms with Crippen molar-refractivity contribution in [1.29, 1.82) is 0 Å². The maximum Gasteiger partial charge on any atom is 0.137 e. The van der Waals surface area contributed by atoms with Crippen molar-refractivity contribution in [2.75, 3.05) is 5.73 Å². The predicted molar refractivity (Wildman–Crippen MR) is 52.4 cm³/mol. The van der Waals surface area contributed by atoms with Gasteiger partial charge in [0.2, 0.25) is 0 Å². The Labute approximate surface area is 76.0 Å². The van der Waals surface area contributed by atoms with Gasteiger partial charge in [-0.05, 0) is 34.5 Å². The summed E-state index contributed by atoms with van der Waals surface area (Å²) in [5.74, 6) is 0.542. The first-order valence-corrected chi connectivity index (χ1v) is 4.37. The molecule has 0 aromatic carbocycles. The first kappa shape index (κ1) is 10.4. The number of nitrogens with two attached hydrogens (primary N) is 1. The van der Waals surface area contributed by atoms with Crippen LogP contribution in [0.5, 0.6) is 0 Å². The fourth-order valence-electron chi connectivity index (χ4n) is 0.544. The Hall–Kier alpha value is -0.570. The normalized spacial score (nSPS) is 8.36. The van der Waals surface area contributed by atoms with E-state index in [1.807, 2.05) is 26.8 Å². The van der Waals surface area contributed by atoms with Crippen LogP contribution in [0.15, 0.2) is 16.7 Å². The molecule has 1 aromatic heterocycles. The molecule has 1 aromatic rings. The minimum atomic E-state index is 0.542. The topological polar surface area (TPSA) is 38.9 Å². The highest BCUT2D eigenvalue weighted by Crippen LogP contribution is 2.16. The van der Waals surface area contributed by atoms with Gasteiger partial charge in [0.25, 0.3) is 0 Å². The van der Waals surface area contributed by atoms with E-state index in [-0.39, 0.29) is 0 Å².